The fourth-order valence-electron chi connectivity index (χ4n) is 10.5. The Bertz CT molecular complexity index is 4280. The summed E-state index contributed by atoms with van der Waals surface area (Å²) in [5.74, 6) is -0.293. The van der Waals surface area contributed by atoms with Crippen molar-refractivity contribution in [1.82, 2.24) is 4.98 Å². The van der Waals surface area contributed by atoms with Crippen LogP contribution in [-0.2, 0) is 54.8 Å². The predicted molar refractivity (Wildman–Crippen MR) is 321 cm³/mol. The van der Waals surface area contributed by atoms with Crippen molar-refractivity contribution in [3.63, 3.8) is 0 Å². The van der Waals surface area contributed by atoms with E-state index in [9.17, 15) is 41.9 Å². The molecule has 0 unspecified atom stereocenters. The molecule has 0 saturated carbocycles. The minimum absolute atomic E-state index is 0.194. The molecule has 88 heavy (non-hydrogen) atoms. The molecular weight excluding hydrogens is 1160 g/mol. The lowest BCUT2D eigenvalue weighted by molar-refractivity contribution is -0.694. The van der Waals surface area contributed by atoms with E-state index in [2.05, 4.69) is 138 Å². The fourth-order valence-corrected chi connectivity index (χ4v) is 11.6. The summed E-state index contributed by atoms with van der Waals surface area (Å²) >= 11 is 0. The van der Waals surface area contributed by atoms with E-state index in [1.54, 1.807) is 29.0 Å². The lowest BCUT2D eigenvalue weighted by atomic mass is 9.96. The third-order valence-corrected chi connectivity index (χ3v) is 16.7. The first-order chi connectivity index (χ1) is 42.4. The van der Waals surface area contributed by atoms with Gasteiger partial charge in [-0.05, 0) is 87.8 Å². The van der Waals surface area contributed by atoms with Crippen LogP contribution in [0.1, 0.15) is 33.4 Å². The summed E-state index contributed by atoms with van der Waals surface area (Å²) in [5, 5.41) is 0. The molecular formula is C68H64F3N8O7P2+7. The number of aromatic nitrogens is 8. The second-order valence-corrected chi connectivity index (χ2v) is 25.1. The average molecular weight is 1220 g/mol. The first kappa shape index (κ1) is 60.4. The van der Waals surface area contributed by atoms with Gasteiger partial charge in [-0.2, -0.15) is 9.13 Å². The van der Waals surface area contributed by atoms with Crippen LogP contribution in [0, 0.1) is 0 Å². The molecule has 4 N–H and O–H groups in total. The minimum atomic E-state index is -4.78. The zero-order valence-electron chi connectivity index (χ0n) is 47.7. The van der Waals surface area contributed by atoms with Gasteiger partial charge in [0.25, 0.3) is 0 Å². The van der Waals surface area contributed by atoms with Crippen molar-refractivity contribution in [3.8, 4) is 56.2 Å². The van der Waals surface area contributed by atoms with Gasteiger partial charge >= 0.3 is 21.6 Å². The summed E-state index contributed by atoms with van der Waals surface area (Å²) in [5.41, 5.74) is 14.5. The van der Waals surface area contributed by atoms with Gasteiger partial charge in [-0.25, -0.2) is 27.8 Å². The van der Waals surface area contributed by atoms with Crippen LogP contribution in [0.4, 0.5) is 13.2 Å². The molecule has 0 amide bonds. The van der Waals surface area contributed by atoms with Crippen molar-refractivity contribution in [3.05, 3.63) is 290 Å². The van der Waals surface area contributed by atoms with E-state index in [1.807, 2.05) is 115 Å². The van der Waals surface area contributed by atoms with Crippen LogP contribution in [0.2, 0.25) is 0 Å². The number of nitrogens with zero attached hydrogens (tertiary/aromatic N) is 8. The van der Waals surface area contributed by atoms with Crippen molar-refractivity contribution in [1.29, 1.82) is 0 Å². The molecule has 0 aliphatic rings. The predicted octanol–water partition coefficient (Wildman–Crippen LogP) is 8.79. The summed E-state index contributed by atoms with van der Waals surface area (Å²) < 4.78 is 80.3. The van der Waals surface area contributed by atoms with E-state index in [0.29, 0.717) is 37.6 Å². The van der Waals surface area contributed by atoms with E-state index in [1.165, 1.54) is 17.7 Å². The molecule has 0 aliphatic heterocycles. The molecule has 11 aromatic rings. The molecule has 0 spiro atoms. The lowest BCUT2D eigenvalue weighted by Gasteiger charge is -2.13. The molecule has 20 heteroatoms. The lowest BCUT2D eigenvalue weighted by Crippen LogP contribution is -2.40. The van der Waals surface area contributed by atoms with Gasteiger partial charge in [0, 0.05) is 131 Å². The highest BCUT2D eigenvalue weighted by molar-refractivity contribution is 7.52. The molecule has 8 heterocycles. The van der Waals surface area contributed by atoms with Crippen LogP contribution in [-0.4, -0.2) is 43.2 Å². The van der Waals surface area contributed by atoms with Crippen LogP contribution in [0.25, 0.3) is 50.5 Å². The summed E-state index contributed by atoms with van der Waals surface area (Å²) in [6.07, 6.45) is 22.6. The Morgan fingerprint density at radius 3 is 1.32 bits per heavy atom. The molecule has 8 aromatic heterocycles. The zero-order chi connectivity index (χ0) is 61.3. The topological polar surface area (TPSA) is 164 Å². The molecule has 442 valence electrons. The van der Waals surface area contributed by atoms with E-state index in [-0.39, 0.29) is 31.0 Å². The van der Waals surface area contributed by atoms with Gasteiger partial charge in [-0.1, -0.05) is 30.3 Å². The Kier molecular flexibility index (Phi) is 18.4. The number of aryl methyl sites for hydroxylation is 2. The normalized spacial score (nSPS) is 11.9. The van der Waals surface area contributed by atoms with Crippen molar-refractivity contribution < 1.29 is 78.6 Å². The highest BCUT2D eigenvalue weighted by Crippen LogP contribution is 2.35. The molecule has 15 nitrogen and oxygen atoms in total. The van der Waals surface area contributed by atoms with Crippen LogP contribution in [0.5, 0.6) is 5.75 Å². The number of halogens is 3. The molecule has 0 fully saturated rings. The monoisotopic (exact) mass is 1220 g/mol. The van der Waals surface area contributed by atoms with Gasteiger partial charge in [0.2, 0.25) is 11.4 Å². The van der Waals surface area contributed by atoms with E-state index in [0.717, 1.165) is 73.4 Å². The molecule has 11 rings (SSSR count). The van der Waals surface area contributed by atoms with E-state index < -0.39 is 21.6 Å². The summed E-state index contributed by atoms with van der Waals surface area (Å²) in [7, 11) is -8.38. The molecule has 0 atom stereocenters. The number of ether oxygens (including phenoxy) is 1. The van der Waals surface area contributed by atoms with Gasteiger partial charge in [-0.15, -0.1) is 13.2 Å². The van der Waals surface area contributed by atoms with Gasteiger partial charge < -0.3 is 24.3 Å². The largest absolute Gasteiger partial charge is 0.573 e. The minimum Gasteiger partial charge on any atom is -0.406 e. The van der Waals surface area contributed by atoms with Crippen molar-refractivity contribution in [2.24, 2.45) is 0 Å². The zero-order valence-corrected chi connectivity index (χ0v) is 49.5. The Morgan fingerprint density at radius 2 is 0.852 bits per heavy atom. The van der Waals surface area contributed by atoms with Crippen molar-refractivity contribution in [2.45, 2.75) is 52.1 Å². The highest BCUT2D eigenvalue weighted by Gasteiger charge is 2.31. The number of benzene rings is 3. The van der Waals surface area contributed by atoms with E-state index in [4.69, 9.17) is 4.98 Å². The molecule has 0 saturated heterocycles. The van der Waals surface area contributed by atoms with Crippen LogP contribution >= 0.6 is 15.2 Å². The van der Waals surface area contributed by atoms with Gasteiger partial charge in [0.1, 0.15) is 17.6 Å². The summed E-state index contributed by atoms with van der Waals surface area (Å²) in [6.45, 7) is 3.00. The van der Waals surface area contributed by atoms with Crippen molar-refractivity contribution in [2.75, 3.05) is 12.3 Å². The number of rotatable bonds is 22. The maximum absolute atomic E-state index is 12.8. The number of hydrogen-bond acceptors (Lipinski definition) is 4. The maximum Gasteiger partial charge on any atom is 0.573 e. The van der Waals surface area contributed by atoms with Crippen molar-refractivity contribution >= 4 is 15.2 Å². The molecule has 0 aliphatic carbocycles. The van der Waals surface area contributed by atoms with E-state index >= 15 is 0 Å². The molecule has 3 aromatic carbocycles. The standard InChI is InChI=1S/C68H60F3N8O7P2/c69-68(70,71)86-65-11-9-64(10-12-65)78-39-24-59(25-40-78)58-22-37-75(38-23-58)48-60-45-62(50-77-35-20-57(21-36-77)55-16-31-74(32-17-55)47-53-6-2-1-3-7-53)63(51-79-28-5-4-8-67(79)66-44-52(13-27-72-66)26-42-87(80,81)82)46-61(60)49-76-33-18-56(19-34-76)54-14-29-73(30-15-54)41-43-88(83,84)85/h1-25,27-40,44-46H,26,41-43,47-51H2/q+3/p+4. The smallest absolute Gasteiger partial charge is 0.406 e. The number of hydrogen-bond donors (Lipinski definition) is 4. The second kappa shape index (κ2) is 26.8. The maximum atomic E-state index is 12.8. The molecule has 0 radical (unpaired) electrons. The number of alkyl halides is 3. The van der Waals surface area contributed by atoms with Crippen LogP contribution in [0.3, 0.4) is 0 Å². The Hall–Kier alpha value is -9.25. The Labute approximate surface area is 507 Å². The molecule has 0 bridgehead atoms. The second-order valence-electron chi connectivity index (χ2n) is 21.6. The quantitative estimate of drug-likeness (QED) is 0.0387. The Morgan fingerprint density at radius 1 is 0.420 bits per heavy atom. The van der Waals surface area contributed by atoms with Crippen LogP contribution in [0.15, 0.2) is 257 Å². The van der Waals surface area contributed by atoms with Gasteiger partial charge in [0.15, 0.2) is 120 Å². The summed E-state index contributed by atoms with van der Waals surface area (Å²) in [4.78, 5) is 43.0. The number of pyridine rings is 8. The first-order valence-electron chi connectivity index (χ1n) is 28.4. The van der Waals surface area contributed by atoms with Gasteiger partial charge in [-0.3, -0.25) is 9.13 Å². The third-order valence-electron chi connectivity index (χ3n) is 15.2. The SMILES string of the molecule is O=P(O)(O)CCc1ccnc(-c2cccc[n+]2Cc2cc(C[n+]3ccc(-c4cc[n+](CCP(=O)(O)O)cc4)cc3)c(C[n+]3ccc(-c4cc[n+](-c5ccc(OC(F)(F)F)cc5)cc4)cc3)cc2C[n+]2ccc(-c3cc[n+](Cc4ccccc4)cc3)cc2)c1. The highest BCUT2D eigenvalue weighted by atomic mass is 31.2. The Balaban J connectivity index is 0.933. The first-order valence-corrected chi connectivity index (χ1v) is 32.0. The van der Waals surface area contributed by atoms with Crippen LogP contribution < -0.4 is 36.7 Å². The summed E-state index contributed by atoms with van der Waals surface area (Å²) in [6, 6.07) is 54.8. The third kappa shape index (κ3) is 16.6. The average Bonchev–Trinajstić information content (AvgIpc) is 1.41. The van der Waals surface area contributed by atoms with Gasteiger partial charge in [0.05, 0.1) is 6.16 Å². The fraction of sp³-hybridized carbons (Fsp3) is 0.147.